The van der Waals surface area contributed by atoms with Crippen LogP contribution in [0.25, 0.3) is 22.8 Å². The van der Waals surface area contributed by atoms with E-state index in [9.17, 15) is 14.7 Å². The molecular weight excluding hydrogens is 242 g/mol. The van der Waals surface area contributed by atoms with Gasteiger partial charge in [-0.2, -0.15) is 4.98 Å². The first kappa shape index (κ1) is 10.3. The van der Waals surface area contributed by atoms with E-state index in [2.05, 4.69) is 4.98 Å². The molecule has 90 valence electrons. The molecule has 0 saturated carbocycles. The Morgan fingerprint density at radius 1 is 1.22 bits per heavy atom. The highest BCUT2D eigenvalue weighted by Crippen LogP contribution is 2.21. The van der Waals surface area contributed by atoms with Crippen LogP contribution in [0.5, 0.6) is 5.75 Å². The number of hydrogen-bond donors (Lipinski definition) is 1. The minimum Gasteiger partial charge on any atom is -0.507 e. The summed E-state index contributed by atoms with van der Waals surface area (Å²) < 4.78 is 14.6. The first-order valence-electron chi connectivity index (χ1n) is 4.87. The van der Waals surface area contributed by atoms with E-state index < -0.39 is 17.0 Å². The molecule has 3 aromatic heterocycles. The Kier molecular flexibility index (Phi) is 2.06. The zero-order valence-electron chi connectivity index (χ0n) is 8.75. The van der Waals surface area contributed by atoms with Gasteiger partial charge < -0.3 is 18.4 Å². The van der Waals surface area contributed by atoms with Gasteiger partial charge in [0.2, 0.25) is 5.71 Å². The Morgan fingerprint density at radius 3 is 2.78 bits per heavy atom. The maximum absolute atomic E-state index is 11.7. The first-order valence-corrected chi connectivity index (χ1v) is 4.87. The quantitative estimate of drug-likeness (QED) is 0.686. The van der Waals surface area contributed by atoms with Crippen LogP contribution in [0.1, 0.15) is 0 Å². The maximum atomic E-state index is 11.7. The van der Waals surface area contributed by atoms with Gasteiger partial charge in [0.05, 0.1) is 12.3 Å². The fourth-order valence-electron chi connectivity index (χ4n) is 1.50. The molecule has 7 heteroatoms. The van der Waals surface area contributed by atoms with Gasteiger partial charge in [-0.25, -0.2) is 9.59 Å². The van der Waals surface area contributed by atoms with Crippen LogP contribution in [0, 0.1) is 0 Å². The predicted molar refractivity (Wildman–Crippen MR) is 58.2 cm³/mol. The predicted octanol–water partition coefficient (Wildman–Crippen LogP) is 1.11. The van der Waals surface area contributed by atoms with Crippen molar-refractivity contribution in [3.63, 3.8) is 0 Å². The Hall–Kier alpha value is -2.83. The van der Waals surface area contributed by atoms with Crippen molar-refractivity contribution in [2.75, 3.05) is 0 Å². The van der Waals surface area contributed by atoms with Crippen molar-refractivity contribution in [3.05, 3.63) is 45.3 Å². The topological polar surface area (TPSA) is 107 Å². The van der Waals surface area contributed by atoms with Crippen LogP contribution in [-0.4, -0.2) is 10.1 Å². The van der Waals surface area contributed by atoms with E-state index in [-0.39, 0.29) is 22.8 Å². The van der Waals surface area contributed by atoms with E-state index in [1.54, 1.807) is 6.07 Å². The van der Waals surface area contributed by atoms with Crippen molar-refractivity contribution in [1.29, 1.82) is 0 Å². The highest BCUT2D eigenvalue weighted by molar-refractivity contribution is 5.78. The molecular formula is C11H5NO6. The Morgan fingerprint density at radius 2 is 2.06 bits per heavy atom. The van der Waals surface area contributed by atoms with Crippen LogP contribution in [0.4, 0.5) is 0 Å². The van der Waals surface area contributed by atoms with Gasteiger partial charge in [0.25, 0.3) is 5.89 Å². The molecule has 0 spiro atoms. The molecule has 0 aliphatic heterocycles. The molecule has 0 unspecified atom stereocenters. The van der Waals surface area contributed by atoms with Gasteiger partial charge in [-0.05, 0) is 12.1 Å². The third-order valence-electron chi connectivity index (χ3n) is 2.25. The lowest BCUT2D eigenvalue weighted by Crippen LogP contribution is -2.07. The molecule has 0 atom stereocenters. The summed E-state index contributed by atoms with van der Waals surface area (Å²) in [4.78, 5) is 26.6. The Balaban J connectivity index is 2.41. The first-order chi connectivity index (χ1) is 8.65. The largest absolute Gasteiger partial charge is 0.507 e. The Labute approximate surface area is 97.9 Å². The van der Waals surface area contributed by atoms with Gasteiger partial charge in [0, 0.05) is 0 Å². The number of fused-ring (bicyclic) bond motifs is 1. The van der Waals surface area contributed by atoms with Crippen LogP contribution in [0.3, 0.4) is 0 Å². The summed E-state index contributed by atoms with van der Waals surface area (Å²) in [7, 11) is 0. The molecule has 0 fully saturated rings. The molecule has 0 aliphatic carbocycles. The van der Waals surface area contributed by atoms with Gasteiger partial charge in [-0.1, -0.05) is 0 Å². The second kappa shape index (κ2) is 3.59. The molecule has 3 rings (SSSR count). The van der Waals surface area contributed by atoms with Crippen molar-refractivity contribution in [1.82, 2.24) is 4.98 Å². The summed E-state index contributed by atoms with van der Waals surface area (Å²) >= 11 is 0. The molecule has 7 nitrogen and oxygen atoms in total. The zero-order valence-corrected chi connectivity index (χ0v) is 8.75. The van der Waals surface area contributed by atoms with E-state index in [1.807, 2.05) is 0 Å². The second-order valence-electron chi connectivity index (χ2n) is 3.41. The van der Waals surface area contributed by atoms with Crippen LogP contribution in [-0.2, 0) is 0 Å². The highest BCUT2D eigenvalue weighted by Gasteiger charge is 2.16. The summed E-state index contributed by atoms with van der Waals surface area (Å²) in [6, 6.07) is 3.88. The van der Waals surface area contributed by atoms with Crippen molar-refractivity contribution < 1.29 is 18.4 Å². The van der Waals surface area contributed by atoms with Crippen LogP contribution < -0.4 is 11.3 Å². The lowest BCUT2D eigenvalue weighted by molar-refractivity contribution is 0.443. The lowest BCUT2D eigenvalue weighted by Gasteiger charge is -1.98. The van der Waals surface area contributed by atoms with Gasteiger partial charge in [0.15, 0.2) is 11.1 Å². The molecule has 3 heterocycles. The summed E-state index contributed by atoms with van der Waals surface area (Å²) in [6.45, 7) is 0. The van der Waals surface area contributed by atoms with Gasteiger partial charge in [-0.3, -0.25) is 0 Å². The smallest absolute Gasteiger partial charge is 0.354 e. The fourth-order valence-corrected chi connectivity index (χ4v) is 1.50. The fraction of sp³-hybridized carbons (Fsp3) is 0. The van der Waals surface area contributed by atoms with E-state index in [4.69, 9.17) is 13.3 Å². The molecule has 0 aromatic carbocycles. The van der Waals surface area contributed by atoms with E-state index >= 15 is 0 Å². The van der Waals surface area contributed by atoms with Crippen LogP contribution >= 0.6 is 0 Å². The van der Waals surface area contributed by atoms with Crippen molar-refractivity contribution in [3.8, 4) is 17.4 Å². The summed E-state index contributed by atoms with van der Waals surface area (Å²) in [5.74, 6) is -0.459. The van der Waals surface area contributed by atoms with E-state index in [1.165, 1.54) is 12.3 Å². The minimum absolute atomic E-state index is 0.133. The zero-order chi connectivity index (χ0) is 12.7. The summed E-state index contributed by atoms with van der Waals surface area (Å²) in [5.41, 5.74) is -1.99. The molecule has 0 aliphatic rings. The monoisotopic (exact) mass is 247 g/mol. The van der Waals surface area contributed by atoms with Gasteiger partial charge in [-0.15, -0.1) is 0 Å². The SMILES string of the molecule is O=c1cc(O)c2c(=O)oc(-c3ccco3)nc2o1. The average molecular weight is 247 g/mol. The average Bonchev–Trinajstić information content (AvgIpc) is 2.80. The number of aromatic nitrogens is 1. The molecule has 0 amide bonds. The number of furan rings is 1. The highest BCUT2D eigenvalue weighted by atomic mass is 16.4. The standard InChI is InChI=1S/C11H5NO6/c13-5-4-7(14)17-10-8(5)11(15)18-9(12-10)6-2-1-3-16-6/h1-4,13H. The van der Waals surface area contributed by atoms with Crippen molar-refractivity contribution in [2.24, 2.45) is 0 Å². The maximum Gasteiger partial charge on any atom is 0.354 e. The van der Waals surface area contributed by atoms with Gasteiger partial charge in [0.1, 0.15) is 5.75 Å². The minimum atomic E-state index is -0.868. The third kappa shape index (κ3) is 1.49. The molecule has 0 saturated heterocycles. The lowest BCUT2D eigenvalue weighted by atomic mass is 10.3. The number of aromatic hydroxyl groups is 1. The van der Waals surface area contributed by atoms with Crippen molar-refractivity contribution in [2.45, 2.75) is 0 Å². The normalized spacial score (nSPS) is 10.9. The number of nitrogens with zero attached hydrogens (tertiary/aromatic N) is 1. The van der Waals surface area contributed by atoms with Crippen LogP contribution in [0.15, 0.2) is 47.3 Å². The van der Waals surface area contributed by atoms with E-state index in [0.29, 0.717) is 0 Å². The molecule has 0 radical (unpaired) electrons. The molecule has 3 aromatic rings. The van der Waals surface area contributed by atoms with Crippen molar-refractivity contribution >= 4 is 11.1 Å². The summed E-state index contributed by atoms with van der Waals surface area (Å²) in [5, 5.41) is 9.18. The molecule has 0 bridgehead atoms. The van der Waals surface area contributed by atoms with E-state index in [0.717, 1.165) is 6.07 Å². The second-order valence-corrected chi connectivity index (χ2v) is 3.41. The van der Waals surface area contributed by atoms with Crippen LogP contribution in [0.2, 0.25) is 0 Å². The molecule has 18 heavy (non-hydrogen) atoms. The van der Waals surface area contributed by atoms with Gasteiger partial charge >= 0.3 is 11.3 Å². The number of rotatable bonds is 1. The number of hydrogen-bond acceptors (Lipinski definition) is 7. The molecule has 1 N–H and O–H groups in total. The third-order valence-corrected chi connectivity index (χ3v) is 2.25. The summed E-state index contributed by atoms with van der Waals surface area (Å²) in [6.07, 6.45) is 1.37. The Bertz CT molecular complexity index is 827.